The fourth-order valence-electron chi connectivity index (χ4n) is 2.83. The highest BCUT2D eigenvalue weighted by molar-refractivity contribution is 9.09. The van der Waals surface area contributed by atoms with E-state index in [9.17, 15) is 4.79 Å². The van der Waals surface area contributed by atoms with Crippen LogP contribution in [0.15, 0.2) is 42.5 Å². The lowest BCUT2D eigenvalue weighted by Gasteiger charge is -2.15. The van der Waals surface area contributed by atoms with Crippen LogP contribution in [0.2, 0.25) is 0 Å². The molecule has 21 heavy (non-hydrogen) atoms. The lowest BCUT2D eigenvalue weighted by Crippen LogP contribution is -2.20. The molecule has 0 fully saturated rings. The Morgan fingerprint density at radius 3 is 2.76 bits per heavy atom. The van der Waals surface area contributed by atoms with Crippen LogP contribution in [0.5, 0.6) is 0 Å². The predicted octanol–water partition coefficient (Wildman–Crippen LogP) is 4.19. The van der Waals surface area contributed by atoms with Crippen molar-refractivity contribution in [2.45, 2.75) is 24.6 Å². The SMILES string of the molecule is Cc1ccccc1CC(Br)c1ccc2c(c1)CC(=O)N2C. The largest absolute Gasteiger partial charge is 0.315 e. The molecule has 1 heterocycles. The number of nitrogens with zero attached hydrogens (tertiary/aromatic N) is 1. The summed E-state index contributed by atoms with van der Waals surface area (Å²) in [5, 5.41) is 0. The van der Waals surface area contributed by atoms with Crippen LogP contribution < -0.4 is 4.90 Å². The quantitative estimate of drug-likeness (QED) is 0.765. The minimum absolute atomic E-state index is 0.173. The second-order valence-electron chi connectivity index (χ2n) is 5.62. The molecule has 3 rings (SSSR count). The Kier molecular flexibility index (Phi) is 3.85. The summed E-state index contributed by atoms with van der Waals surface area (Å²) in [5.41, 5.74) is 6.08. The summed E-state index contributed by atoms with van der Waals surface area (Å²) in [6.07, 6.45) is 1.47. The van der Waals surface area contributed by atoms with Gasteiger partial charge in [0.05, 0.1) is 6.42 Å². The molecule has 0 saturated carbocycles. The van der Waals surface area contributed by atoms with Crippen molar-refractivity contribution in [3.8, 4) is 0 Å². The maximum absolute atomic E-state index is 11.8. The number of carbonyl (C=O) groups excluding carboxylic acids is 1. The Morgan fingerprint density at radius 1 is 1.24 bits per heavy atom. The number of carbonyl (C=O) groups is 1. The molecule has 108 valence electrons. The van der Waals surface area contributed by atoms with Gasteiger partial charge in [-0.25, -0.2) is 0 Å². The van der Waals surface area contributed by atoms with Crippen molar-refractivity contribution in [2.75, 3.05) is 11.9 Å². The molecule has 0 saturated heterocycles. The molecule has 1 aliphatic rings. The van der Waals surface area contributed by atoms with Crippen molar-refractivity contribution >= 4 is 27.5 Å². The number of aryl methyl sites for hydroxylation is 1. The third-order valence-electron chi connectivity index (χ3n) is 4.20. The normalized spacial score (nSPS) is 15.2. The molecular formula is C18H18BrNO. The van der Waals surface area contributed by atoms with E-state index in [-0.39, 0.29) is 10.7 Å². The van der Waals surface area contributed by atoms with E-state index in [0.717, 1.165) is 17.7 Å². The van der Waals surface area contributed by atoms with E-state index in [0.29, 0.717) is 6.42 Å². The number of hydrogen-bond acceptors (Lipinski definition) is 1. The first-order chi connectivity index (χ1) is 10.1. The van der Waals surface area contributed by atoms with Crippen molar-refractivity contribution in [1.82, 2.24) is 0 Å². The molecule has 2 nitrogen and oxygen atoms in total. The molecule has 1 amide bonds. The van der Waals surface area contributed by atoms with Crippen LogP contribution in [0.1, 0.15) is 27.1 Å². The van der Waals surface area contributed by atoms with Gasteiger partial charge in [-0.1, -0.05) is 52.3 Å². The van der Waals surface area contributed by atoms with Gasteiger partial charge in [-0.15, -0.1) is 0 Å². The monoisotopic (exact) mass is 343 g/mol. The summed E-state index contributed by atoms with van der Waals surface area (Å²) in [4.78, 5) is 13.8. The lowest BCUT2D eigenvalue weighted by atomic mass is 9.99. The summed E-state index contributed by atoms with van der Waals surface area (Å²) in [5.74, 6) is 0.173. The number of likely N-dealkylation sites (N-methyl/N-ethyl adjacent to an activating group) is 1. The fourth-order valence-corrected chi connectivity index (χ4v) is 3.47. The average Bonchev–Trinajstić information content (AvgIpc) is 2.76. The van der Waals surface area contributed by atoms with Gasteiger partial charge in [0.25, 0.3) is 0 Å². The number of anilines is 1. The van der Waals surface area contributed by atoms with Crippen LogP contribution in [-0.2, 0) is 17.6 Å². The Morgan fingerprint density at radius 2 is 2.00 bits per heavy atom. The van der Waals surface area contributed by atoms with Gasteiger partial charge in [-0.05, 0) is 41.7 Å². The van der Waals surface area contributed by atoms with Crippen LogP contribution in [0.4, 0.5) is 5.69 Å². The minimum Gasteiger partial charge on any atom is -0.315 e. The van der Waals surface area contributed by atoms with Gasteiger partial charge in [0.15, 0.2) is 0 Å². The predicted molar refractivity (Wildman–Crippen MR) is 90.1 cm³/mol. The summed E-state index contributed by atoms with van der Waals surface area (Å²) >= 11 is 3.80. The van der Waals surface area contributed by atoms with Crippen molar-refractivity contribution in [3.05, 3.63) is 64.7 Å². The summed E-state index contributed by atoms with van der Waals surface area (Å²) in [6, 6.07) is 14.8. The number of amides is 1. The highest BCUT2D eigenvalue weighted by Crippen LogP contribution is 2.34. The second-order valence-corrected chi connectivity index (χ2v) is 6.72. The van der Waals surface area contributed by atoms with Crippen molar-refractivity contribution in [1.29, 1.82) is 0 Å². The van der Waals surface area contributed by atoms with E-state index in [4.69, 9.17) is 0 Å². The molecule has 1 aliphatic heterocycles. The first-order valence-corrected chi connectivity index (χ1v) is 8.06. The zero-order valence-corrected chi connectivity index (χ0v) is 13.9. The molecule has 0 aliphatic carbocycles. The number of halogens is 1. The first-order valence-electron chi connectivity index (χ1n) is 7.14. The van der Waals surface area contributed by atoms with Gasteiger partial charge in [-0.3, -0.25) is 4.79 Å². The number of rotatable bonds is 3. The zero-order chi connectivity index (χ0) is 15.0. The third kappa shape index (κ3) is 2.75. The zero-order valence-electron chi connectivity index (χ0n) is 12.3. The Hall–Kier alpha value is -1.61. The summed E-state index contributed by atoms with van der Waals surface area (Å²) in [6.45, 7) is 2.14. The van der Waals surface area contributed by atoms with E-state index in [1.807, 2.05) is 7.05 Å². The molecule has 0 spiro atoms. The maximum atomic E-state index is 11.8. The second kappa shape index (κ2) is 5.64. The molecule has 2 aromatic rings. The molecule has 0 N–H and O–H groups in total. The van der Waals surface area contributed by atoms with Gasteiger partial charge in [-0.2, -0.15) is 0 Å². The average molecular weight is 344 g/mol. The highest BCUT2D eigenvalue weighted by atomic mass is 79.9. The van der Waals surface area contributed by atoms with Gasteiger partial charge >= 0.3 is 0 Å². The van der Waals surface area contributed by atoms with Crippen LogP contribution in [0.25, 0.3) is 0 Å². The molecule has 0 bridgehead atoms. The molecule has 0 radical (unpaired) electrons. The number of fused-ring (bicyclic) bond motifs is 1. The van der Waals surface area contributed by atoms with Crippen molar-refractivity contribution < 1.29 is 4.79 Å². The molecular weight excluding hydrogens is 326 g/mol. The van der Waals surface area contributed by atoms with Gasteiger partial charge in [0, 0.05) is 17.6 Å². The minimum atomic E-state index is 0.173. The van der Waals surface area contributed by atoms with Gasteiger partial charge in [0.2, 0.25) is 5.91 Å². The van der Waals surface area contributed by atoms with E-state index in [2.05, 4.69) is 65.3 Å². The molecule has 0 aromatic heterocycles. The summed E-state index contributed by atoms with van der Waals surface area (Å²) < 4.78 is 0. The topological polar surface area (TPSA) is 20.3 Å². The van der Waals surface area contributed by atoms with Crippen LogP contribution in [0.3, 0.4) is 0 Å². The van der Waals surface area contributed by atoms with Crippen LogP contribution >= 0.6 is 15.9 Å². The number of alkyl halides is 1. The Bertz CT molecular complexity index is 695. The smallest absolute Gasteiger partial charge is 0.231 e. The Labute approximate surface area is 133 Å². The number of hydrogen-bond donors (Lipinski definition) is 0. The van der Waals surface area contributed by atoms with E-state index < -0.39 is 0 Å². The van der Waals surface area contributed by atoms with E-state index in [1.165, 1.54) is 16.7 Å². The van der Waals surface area contributed by atoms with E-state index in [1.54, 1.807) is 4.90 Å². The maximum Gasteiger partial charge on any atom is 0.231 e. The lowest BCUT2D eigenvalue weighted by molar-refractivity contribution is -0.117. The standard InChI is InChI=1S/C18H18BrNO/c1-12-5-3-4-6-13(12)10-16(19)14-7-8-17-15(9-14)11-18(21)20(17)2/h3-9,16H,10-11H2,1-2H3. The van der Waals surface area contributed by atoms with Crippen molar-refractivity contribution in [3.63, 3.8) is 0 Å². The molecule has 1 atom stereocenters. The molecule has 2 aromatic carbocycles. The van der Waals surface area contributed by atoms with Gasteiger partial charge in [0.1, 0.15) is 0 Å². The molecule has 1 unspecified atom stereocenters. The van der Waals surface area contributed by atoms with Crippen LogP contribution in [0, 0.1) is 6.92 Å². The summed E-state index contributed by atoms with van der Waals surface area (Å²) in [7, 11) is 1.84. The first kappa shape index (κ1) is 14.3. The third-order valence-corrected chi connectivity index (χ3v) is 5.06. The Balaban J connectivity index is 1.84. The van der Waals surface area contributed by atoms with Gasteiger partial charge < -0.3 is 4.90 Å². The van der Waals surface area contributed by atoms with Crippen molar-refractivity contribution in [2.24, 2.45) is 0 Å². The fraction of sp³-hybridized carbons (Fsp3) is 0.278. The number of benzene rings is 2. The van der Waals surface area contributed by atoms with Crippen LogP contribution in [-0.4, -0.2) is 13.0 Å². The van der Waals surface area contributed by atoms with E-state index >= 15 is 0 Å². The molecule has 3 heteroatoms. The highest BCUT2D eigenvalue weighted by Gasteiger charge is 2.24.